The summed E-state index contributed by atoms with van der Waals surface area (Å²) in [6.07, 6.45) is -13.7. The van der Waals surface area contributed by atoms with Crippen LogP contribution in [0.1, 0.15) is 162 Å². The highest BCUT2D eigenvalue weighted by molar-refractivity contribution is 5.91. The van der Waals surface area contributed by atoms with Gasteiger partial charge in [0, 0.05) is 146 Å². The molecule has 0 fully saturated rings. The van der Waals surface area contributed by atoms with Crippen molar-refractivity contribution in [1.82, 2.24) is 26.6 Å². The molecule has 10 rings (SSSR count). The van der Waals surface area contributed by atoms with Crippen LogP contribution < -0.4 is 50.3 Å². The number of nitrogens with one attached hydrogen (secondary N) is 5. The Labute approximate surface area is 658 Å². The zero-order valence-corrected chi connectivity index (χ0v) is 57.2. The van der Waals surface area contributed by atoms with Gasteiger partial charge in [0.05, 0.1) is 13.7 Å². The van der Waals surface area contributed by atoms with Gasteiger partial charge in [-0.25, -0.2) is 0 Å². The Kier molecular flexibility index (Phi) is 19.1. The number of fused-ring (bicyclic) bond motifs is 5. The largest absolute Gasteiger partial charge is 0.490 e. The average Bonchev–Trinajstić information content (AvgIpc) is 0.736. The van der Waals surface area contributed by atoms with E-state index in [1.807, 2.05) is 96.3 Å². The molecule has 10 aromatic rings. The molecule has 7 atom stereocenters. The number of ether oxygens (including phenoxy) is 5. The zero-order valence-electron chi connectivity index (χ0n) is 107. The van der Waals surface area contributed by atoms with Gasteiger partial charge in [0.2, 0.25) is 0 Å². The molecule has 0 heterocycles. The molecule has 552 valence electrons. The van der Waals surface area contributed by atoms with Crippen molar-refractivity contribution in [3.63, 3.8) is 0 Å². The molecule has 10 aromatic carbocycles. The molecule has 7 unspecified atom stereocenters. The Morgan fingerprint density at radius 1 is 0.337 bits per heavy atom. The second-order valence-corrected chi connectivity index (χ2v) is 21.3. The number of hydrogen-bond donors (Lipinski definition) is 10. The summed E-state index contributed by atoms with van der Waals surface area (Å²) < 4.78 is 359. The van der Waals surface area contributed by atoms with Crippen molar-refractivity contribution in [3.05, 3.63) is 212 Å². The topological polar surface area (TPSA) is 207 Å². The van der Waals surface area contributed by atoms with Gasteiger partial charge in [0.25, 0.3) is 0 Å². The predicted octanol–water partition coefficient (Wildman–Crippen LogP) is 17.0. The predicted molar refractivity (Wildman–Crippen MR) is 432 cm³/mol. The summed E-state index contributed by atoms with van der Waals surface area (Å²) in [5.41, 5.74) is 0. The summed E-state index contributed by atoms with van der Waals surface area (Å²) in [5.74, 6) is 1.25. The van der Waals surface area contributed by atoms with Crippen LogP contribution in [0.3, 0.4) is 0 Å². The number of benzene rings is 10. The van der Waals surface area contributed by atoms with Crippen LogP contribution >= 0.6 is 0 Å². The standard InChI is InChI=1S/5C16H21NO2.3CH4.9H2/c5*1-12(2)17-10-14(18)11-19-16-9-5-7-13-6-3-4-8-15(13)16;;;;;;;;;;;;/h5*3-9,12,14,17-18H,10-11H2,1-2H3;3*1H4;9*1H/i1D3,10D2,11D2,12D,14D;1D3,10D2,12D,14D;11D2,12D,14D;10D2,12D,14D;10D2,11D2,12D;3*1D;9*1+1D. The third kappa shape index (κ3) is 30.9. The van der Waals surface area contributed by atoms with Crippen LogP contribution in [0.4, 0.5) is 0 Å². The lowest BCUT2D eigenvalue weighted by Gasteiger charge is -2.15. The second kappa shape index (κ2) is 46.4. The molecule has 0 aliphatic carbocycles. The van der Waals surface area contributed by atoms with Crippen LogP contribution in [0.25, 0.3) is 53.9 Å². The van der Waals surface area contributed by atoms with Crippen molar-refractivity contribution in [1.29, 1.82) is 0 Å². The molecule has 0 radical (unpaired) electrons. The third-order valence-electron chi connectivity index (χ3n) is 12.6. The SMILES string of the molecule is [2H]C.[2H]C.[2H]C.[2H]C(C)(C)NC([2H])([2H])C(O)C([2H])([2H])Oc1cccc2ccccc12.[2H]C(C)(C)NC([2H])([2H])C([2H])(O)COc1cccc2ccccc12.[2H]C(C)(C)NCC([2H])(O)C([2H])([2H])Oc1cccc2ccccc12.[2H]C([2H])([2H])C([2H])(C)NC([2H])([2H])C([2H])(O)C([2H])([2H])Oc1cccc2ccccc12.[2H]C([2H])([2H])C([2H])(C)NC([2H])([2H])C([2H])(O)COc1cccc2ccccc12.[2H][2H].[2H][2H].[2H][2H].[2H][2H].[2H][2H].[2H][2H].[2H][2H].[2H][2H].[2H][2H]. The maximum atomic E-state index is 10.4. The van der Waals surface area contributed by atoms with Crippen LogP contribution in [-0.4, -0.2) is 151 Å². The van der Waals surface area contributed by atoms with Gasteiger partial charge in [-0.1, -0.05) is 273 Å². The molecule has 15 heteroatoms. The second-order valence-electron chi connectivity index (χ2n) is 21.3. The highest BCUT2D eigenvalue weighted by atomic mass is 16.5. The minimum absolute atomic E-state index is 0.0333. The Balaban J connectivity index is -0.000000319. The van der Waals surface area contributed by atoms with E-state index in [4.69, 9.17) is 94.3 Å². The molecular weight excluding hydrogens is 1230 g/mol. The molecule has 0 bridgehead atoms. The van der Waals surface area contributed by atoms with E-state index in [2.05, 4.69) is 16.0 Å². The maximum Gasteiger partial charge on any atom is 0.127 e. The van der Waals surface area contributed by atoms with Gasteiger partial charge >= 0.3 is 0 Å². The normalized spacial score (nSPS) is 21.8. The number of aliphatic hydroxyl groups is 5. The Morgan fingerprint density at radius 2 is 0.592 bits per heavy atom. The van der Waals surface area contributed by atoms with E-state index in [-0.39, 0.29) is 17.2 Å². The fourth-order valence-corrected chi connectivity index (χ4v) is 8.28. The first-order chi connectivity index (χ1) is 68.2. The van der Waals surface area contributed by atoms with E-state index >= 15 is 0 Å². The molecule has 0 saturated carbocycles. The zero-order chi connectivity index (χ0) is 118. The highest BCUT2D eigenvalue weighted by Gasteiger charge is 2.13. The van der Waals surface area contributed by atoms with Crippen LogP contribution in [0, 0.1) is 0 Å². The summed E-state index contributed by atoms with van der Waals surface area (Å²) in [5, 5.41) is 69.5. The number of rotatable bonds is 30. The van der Waals surface area contributed by atoms with Crippen LogP contribution in [0.5, 0.6) is 28.7 Å². The first-order valence-corrected chi connectivity index (χ1v) is 30.0. The summed E-state index contributed by atoms with van der Waals surface area (Å²) in [7, 11) is 3.75. The molecular formula is C83H135N5O10. The van der Waals surface area contributed by atoms with E-state index < -0.39 is 140 Å². The number of aliphatic hydroxyl groups excluding tert-OH is 1. The smallest absolute Gasteiger partial charge is 0.127 e. The first-order valence-electron chi connectivity index (χ1n) is 56.5. The van der Waals surface area contributed by atoms with Crippen molar-refractivity contribution in [2.45, 2.75) is 152 Å². The quantitative estimate of drug-likeness (QED) is 0.0203. The molecule has 0 aromatic heterocycles. The Bertz CT molecular complexity index is 5190. The van der Waals surface area contributed by atoms with Gasteiger partial charge in [-0.2, -0.15) is 0 Å². The molecule has 0 amide bonds. The average molecular weight is 1410 g/mol. The summed E-state index contributed by atoms with van der Waals surface area (Å²) in [6.45, 7) is -17.1. The van der Waals surface area contributed by atoms with Crippen molar-refractivity contribution in [2.75, 3.05) is 65.4 Å². The van der Waals surface area contributed by atoms with E-state index in [1.54, 1.807) is 134 Å². The lowest BCUT2D eigenvalue weighted by Crippen LogP contribution is -2.35. The van der Waals surface area contributed by atoms with Gasteiger partial charge in [0.15, 0.2) is 0 Å². The summed E-state index contributed by atoms with van der Waals surface area (Å²) in [6, 6.07) is 53.0. The van der Waals surface area contributed by atoms with Crippen molar-refractivity contribution < 1.29 is 120 Å². The van der Waals surface area contributed by atoms with Gasteiger partial charge < -0.3 is 75.8 Å². The number of hydrogen-bond acceptors (Lipinski definition) is 15. The minimum atomic E-state index is -3.61. The fraction of sp³-hybridized carbons (Fsp3) is 0.398. The van der Waals surface area contributed by atoms with Gasteiger partial charge in [0.1, 0.15) is 92.1 Å². The van der Waals surface area contributed by atoms with Crippen LogP contribution in [-0.2, 0) is 0 Å². The fourth-order valence-electron chi connectivity index (χ4n) is 8.28. The molecule has 0 aliphatic rings. The monoisotopic (exact) mass is 1410 g/mol. The first kappa shape index (κ1) is 40.4. The van der Waals surface area contributed by atoms with Gasteiger partial charge in [-0.05, 0) is 57.3 Å². The molecule has 0 saturated heterocycles. The van der Waals surface area contributed by atoms with Gasteiger partial charge in [-0.15, -0.1) is 0 Å². The Morgan fingerprint density at radius 3 is 0.908 bits per heavy atom. The van der Waals surface area contributed by atoms with E-state index in [0.29, 0.717) is 33.0 Å². The summed E-state index contributed by atoms with van der Waals surface area (Å²) in [4.78, 5) is 0. The molecule has 10 N–H and O–H groups in total. The third-order valence-corrected chi connectivity index (χ3v) is 12.6. The summed E-state index contributed by atoms with van der Waals surface area (Å²) >= 11 is 0. The highest BCUT2D eigenvalue weighted by Crippen LogP contribution is 2.29. The van der Waals surface area contributed by atoms with E-state index in [0.717, 1.165) is 46.2 Å². The van der Waals surface area contributed by atoms with Crippen molar-refractivity contribution in [3.8, 4) is 28.7 Å². The van der Waals surface area contributed by atoms with Crippen molar-refractivity contribution in [2.24, 2.45) is 0 Å². The van der Waals surface area contributed by atoms with E-state index in [1.165, 1.54) is 56.0 Å². The lowest BCUT2D eigenvalue weighted by molar-refractivity contribution is 0.105. The molecule has 0 spiro atoms. The van der Waals surface area contributed by atoms with Crippen LogP contribution in [0.15, 0.2) is 212 Å². The van der Waals surface area contributed by atoms with Crippen molar-refractivity contribution >= 4 is 53.9 Å². The molecule has 0 aliphatic heterocycles. The van der Waals surface area contributed by atoms with Gasteiger partial charge in [-0.3, -0.25) is 0 Å². The molecule has 98 heavy (non-hydrogen) atoms. The molecule has 15 nitrogen and oxygen atoms in total. The van der Waals surface area contributed by atoms with Crippen LogP contribution in [0.2, 0.25) is 0 Å². The lowest BCUT2D eigenvalue weighted by atomic mass is 10.1. The minimum Gasteiger partial charge on any atom is -0.490 e. The maximum absolute atomic E-state index is 10.4. The Hall–Kier alpha value is -7.90. The van der Waals surface area contributed by atoms with E-state index in [9.17, 15) is 25.5 Å².